The second-order valence-corrected chi connectivity index (χ2v) is 10.2. The molecule has 4 aliphatic heterocycles. The number of nitrogens with one attached hydrogen (secondary N) is 1. The summed E-state index contributed by atoms with van der Waals surface area (Å²) in [5.74, 6) is 1.96. The minimum absolute atomic E-state index is 0.175. The van der Waals surface area contributed by atoms with E-state index in [9.17, 15) is 4.79 Å². The summed E-state index contributed by atoms with van der Waals surface area (Å²) in [6.07, 6.45) is 7.78. The molecule has 8 nitrogen and oxygen atoms in total. The van der Waals surface area contributed by atoms with E-state index in [4.69, 9.17) is 4.74 Å². The lowest BCUT2D eigenvalue weighted by Gasteiger charge is -2.47. The second kappa shape index (κ2) is 10.3. The van der Waals surface area contributed by atoms with Gasteiger partial charge < -0.3 is 19.4 Å². The predicted molar refractivity (Wildman–Crippen MR) is 131 cm³/mol. The van der Waals surface area contributed by atoms with E-state index in [0.717, 1.165) is 69.2 Å². The van der Waals surface area contributed by atoms with Gasteiger partial charge in [0.15, 0.2) is 0 Å². The molecule has 1 aromatic heterocycles. The summed E-state index contributed by atoms with van der Waals surface area (Å²) in [5.41, 5.74) is 2.23. The maximum Gasteiger partial charge on any atom is 0.231 e. The molecule has 2 aromatic rings. The number of fused-ring (bicyclic) bond motifs is 3. The zero-order valence-corrected chi connectivity index (χ0v) is 20.7. The van der Waals surface area contributed by atoms with Crippen LogP contribution in [0.25, 0.3) is 0 Å². The first kappa shape index (κ1) is 23.1. The Balaban J connectivity index is 1.15. The molecule has 1 N–H and O–H groups in total. The Bertz CT molecular complexity index is 970. The number of unbranched alkanes of at least 4 members (excludes halogenated alkanes) is 1. The van der Waals surface area contributed by atoms with Gasteiger partial charge in [0, 0.05) is 45.2 Å². The van der Waals surface area contributed by atoms with Gasteiger partial charge in [-0.2, -0.15) is 0 Å². The van der Waals surface area contributed by atoms with Crippen molar-refractivity contribution in [3.8, 4) is 5.75 Å². The van der Waals surface area contributed by atoms with Crippen LogP contribution in [0.15, 0.2) is 30.5 Å². The van der Waals surface area contributed by atoms with E-state index in [1.807, 2.05) is 22.9 Å². The van der Waals surface area contributed by atoms with E-state index in [0.29, 0.717) is 17.9 Å². The van der Waals surface area contributed by atoms with Gasteiger partial charge in [0.1, 0.15) is 11.8 Å². The molecule has 0 saturated carbocycles. The molecule has 8 heteroatoms. The summed E-state index contributed by atoms with van der Waals surface area (Å²) in [4.78, 5) is 19.6. The Morgan fingerprint density at radius 2 is 2.03 bits per heavy atom. The fraction of sp³-hybridized carbons (Fsp3) is 0.654. The van der Waals surface area contributed by atoms with Crippen molar-refractivity contribution >= 4 is 11.6 Å². The van der Waals surface area contributed by atoms with Crippen LogP contribution in [0.1, 0.15) is 38.3 Å². The van der Waals surface area contributed by atoms with Crippen molar-refractivity contribution in [3.05, 3.63) is 36.2 Å². The lowest BCUT2D eigenvalue weighted by molar-refractivity contribution is -0.945. The number of aromatic nitrogens is 3. The van der Waals surface area contributed by atoms with Crippen molar-refractivity contribution in [3.63, 3.8) is 0 Å². The van der Waals surface area contributed by atoms with Gasteiger partial charge in [0.25, 0.3) is 0 Å². The Morgan fingerprint density at radius 3 is 2.76 bits per heavy atom. The monoisotopic (exact) mass is 467 g/mol. The fourth-order valence-electron chi connectivity index (χ4n) is 6.22. The number of ether oxygens (including phenoxy) is 1. The smallest absolute Gasteiger partial charge is 0.231 e. The van der Waals surface area contributed by atoms with E-state index in [-0.39, 0.29) is 5.92 Å². The first-order chi connectivity index (χ1) is 16.7. The van der Waals surface area contributed by atoms with Crippen LogP contribution in [0.5, 0.6) is 5.75 Å². The average molecular weight is 468 g/mol. The van der Waals surface area contributed by atoms with Crippen LogP contribution in [-0.4, -0.2) is 78.2 Å². The molecule has 4 saturated heterocycles. The molecule has 0 spiro atoms. The normalized spacial score (nSPS) is 26.6. The number of carbonyl (C=O) groups is 1. The summed E-state index contributed by atoms with van der Waals surface area (Å²) in [6, 6.07) is 8.71. The summed E-state index contributed by atoms with van der Waals surface area (Å²) in [5, 5.41) is 8.74. The highest BCUT2D eigenvalue weighted by atomic mass is 16.5. The quantitative estimate of drug-likeness (QED) is 0.633. The highest BCUT2D eigenvalue weighted by Crippen LogP contribution is 2.31. The molecule has 2 bridgehead atoms. The van der Waals surface area contributed by atoms with Crippen molar-refractivity contribution in [2.75, 3.05) is 51.3 Å². The third-order valence-corrected chi connectivity index (χ3v) is 8.17. The van der Waals surface area contributed by atoms with Crippen molar-refractivity contribution in [2.24, 2.45) is 11.8 Å². The Kier molecular flexibility index (Phi) is 7.04. The third-order valence-electron chi connectivity index (χ3n) is 8.17. The van der Waals surface area contributed by atoms with Crippen molar-refractivity contribution in [1.82, 2.24) is 19.9 Å². The predicted octanol–water partition coefficient (Wildman–Crippen LogP) is 1.27. The van der Waals surface area contributed by atoms with E-state index in [2.05, 4.69) is 39.3 Å². The zero-order valence-electron chi connectivity index (χ0n) is 20.7. The van der Waals surface area contributed by atoms with Crippen LogP contribution in [-0.2, 0) is 17.8 Å². The lowest BCUT2D eigenvalue weighted by atomic mass is 9.75. The number of rotatable bonds is 8. The molecule has 4 aliphatic rings. The molecular weight excluding hydrogens is 428 g/mol. The van der Waals surface area contributed by atoms with Crippen LogP contribution in [0.3, 0.4) is 0 Å². The number of piperazine rings is 1. The molecule has 1 unspecified atom stereocenters. The van der Waals surface area contributed by atoms with Gasteiger partial charge in [-0.15, -0.1) is 5.10 Å². The molecule has 184 valence electrons. The molecule has 1 aromatic carbocycles. The fourth-order valence-corrected chi connectivity index (χ4v) is 6.22. The van der Waals surface area contributed by atoms with Gasteiger partial charge in [-0.3, -0.25) is 4.79 Å². The topological polar surface area (TPSA) is 67.9 Å². The van der Waals surface area contributed by atoms with Gasteiger partial charge >= 0.3 is 0 Å². The highest BCUT2D eigenvalue weighted by molar-refractivity contribution is 5.80. The van der Waals surface area contributed by atoms with E-state index < -0.39 is 0 Å². The number of amides is 1. The van der Waals surface area contributed by atoms with Gasteiger partial charge in [-0.05, 0) is 30.9 Å². The largest absolute Gasteiger partial charge is 0.495 e. The van der Waals surface area contributed by atoms with E-state index in [1.54, 1.807) is 12.0 Å². The number of benzene rings is 1. The number of quaternary nitrogens is 1. The van der Waals surface area contributed by atoms with Crippen molar-refractivity contribution < 1.29 is 14.4 Å². The number of piperidine rings is 3. The average Bonchev–Trinajstić information content (AvgIpc) is 3.34. The number of methoxy groups -OCH3 is 1. The van der Waals surface area contributed by atoms with Crippen LogP contribution >= 0.6 is 0 Å². The van der Waals surface area contributed by atoms with Gasteiger partial charge in [0.2, 0.25) is 5.91 Å². The Morgan fingerprint density at radius 1 is 1.21 bits per heavy atom. The van der Waals surface area contributed by atoms with Gasteiger partial charge in [-0.1, -0.05) is 30.7 Å². The number of hydrogen-bond donors (Lipinski definition) is 1. The standard InChI is InChI=1S/C26H38N6O2/c1-3-4-7-21-17-32(28-27-21)18-22-16-20-10-11-31(22)19-23(20)26(33)30-14-12-29(13-15-30)24-8-5-6-9-25(24)34-2/h5-6,8-9,17,20,22-23H,3-4,7,10-16,18-19H2,1-2H3/p+1/t20-,22+,23-/m0/s1. The number of carbonyl (C=O) groups excluding carboxylic acids is 1. The second-order valence-electron chi connectivity index (χ2n) is 10.2. The first-order valence-electron chi connectivity index (χ1n) is 13.1. The Labute approximate surface area is 202 Å². The van der Waals surface area contributed by atoms with E-state index in [1.165, 1.54) is 25.8 Å². The number of nitrogens with zero attached hydrogens (tertiary/aromatic N) is 5. The summed E-state index contributed by atoms with van der Waals surface area (Å²) < 4.78 is 7.58. The van der Waals surface area contributed by atoms with Crippen LogP contribution < -0.4 is 14.5 Å². The summed E-state index contributed by atoms with van der Waals surface area (Å²) >= 11 is 0. The molecule has 0 aliphatic carbocycles. The summed E-state index contributed by atoms with van der Waals surface area (Å²) in [6.45, 7) is 8.57. The van der Waals surface area contributed by atoms with Crippen LogP contribution in [0.2, 0.25) is 0 Å². The van der Waals surface area contributed by atoms with Crippen LogP contribution in [0, 0.1) is 11.8 Å². The Hall–Kier alpha value is -2.61. The third kappa shape index (κ3) is 4.78. The SMILES string of the molecule is CCCCc1cn(C[C@H]2C[C@@H]3CC[NH+]2C[C@@H]3C(=O)N2CCN(c3ccccc3OC)CC2)nn1. The summed E-state index contributed by atoms with van der Waals surface area (Å²) in [7, 11) is 1.72. The lowest BCUT2D eigenvalue weighted by Crippen LogP contribution is -3.20. The van der Waals surface area contributed by atoms with Crippen molar-refractivity contribution in [1.29, 1.82) is 0 Å². The highest BCUT2D eigenvalue weighted by Gasteiger charge is 2.48. The van der Waals surface area contributed by atoms with E-state index >= 15 is 0 Å². The molecule has 4 atom stereocenters. The first-order valence-corrected chi connectivity index (χ1v) is 13.1. The molecule has 0 radical (unpaired) electrons. The number of hydrogen-bond acceptors (Lipinski definition) is 5. The van der Waals surface area contributed by atoms with Gasteiger partial charge in [0.05, 0.1) is 44.0 Å². The number of anilines is 1. The zero-order chi connectivity index (χ0) is 23.5. The number of aryl methyl sites for hydroxylation is 1. The van der Waals surface area contributed by atoms with Gasteiger partial charge in [-0.25, -0.2) is 4.68 Å². The molecule has 1 amide bonds. The molecule has 5 heterocycles. The van der Waals surface area contributed by atoms with Crippen molar-refractivity contribution in [2.45, 2.75) is 51.6 Å². The molecule has 6 rings (SSSR count). The molecular formula is C26H39N6O2+. The molecule has 34 heavy (non-hydrogen) atoms. The maximum absolute atomic E-state index is 13.5. The minimum atomic E-state index is 0.175. The number of para-hydroxylation sites is 2. The van der Waals surface area contributed by atoms with Crippen LogP contribution in [0.4, 0.5) is 5.69 Å². The molecule has 4 fully saturated rings. The maximum atomic E-state index is 13.5. The minimum Gasteiger partial charge on any atom is -0.495 e.